The van der Waals surface area contributed by atoms with Gasteiger partial charge >= 0.3 is 0 Å². The fourth-order valence-corrected chi connectivity index (χ4v) is 3.21. The second kappa shape index (κ2) is 5.09. The van der Waals surface area contributed by atoms with Crippen LogP contribution in [0.4, 0.5) is 0 Å². The average molecular weight is 241 g/mol. The van der Waals surface area contributed by atoms with Crippen molar-refractivity contribution >= 4 is 0 Å². The zero-order chi connectivity index (χ0) is 12.4. The van der Waals surface area contributed by atoms with E-state index in [1.165, 1.54) is 38.0 Å². The van der Waals surface area contributed by atoms with Gasteiger partial charge < -0.3 is 5.32 Å². The van der Waals surface area contributed by atoms with Gasteiger partial charge in [0.2, 0.25) is 0 Å². The number of nitrogens with one attached hydrogen (secondary N) is 1. The van der Waals surface area contributed by atoms with Crippen LogP contribution >= 0.6 is 0 Å². The van der Waals surface area contributed by atoms with Crippen molar-refractivity contribution in [3.63, 3.8) is 0 Å². The van der Waals surface area contributed by atoms with Gasteiger partial charge in [0.25, 0.3) is 0 Å². The molecule has 0 amide bonds. The molecule has 2 saturated heterocycles. The first kappa shape index (κ1) is 11.7. The van der Waals surface area contributed by atoms with Crippen LogP contribution in [0.5, 0.6) is 0 Å². The summed E-state index contributed by atoms with van der Waals surface area (Å²) < 4.78 is 0. The van der Waals surface area contributed by atoms with Crippen molar-refractivity contribution in [1.29, 1.82) is 5.26 Å². The maximum absolute atomic E-state index is 8.78. The van der Waals surface area contributed by atoms with Gasteiger partial charge in [0, 0.05) is 25.7 Å². The van der Waals surface area contributed by atoms with E-state index in [1.54, 1.807) is 0 Å². The number of nitrogens with zero attached hydrogens (tertiary/aromatic N) is 2. The van der Waals surface area contributed by atoms with E-state index in [2.05, 4.69) is 28.4 Å². The molecule has 0 aliphatic carbocycles. The number of hydrogen-bond acceptors (Lipinski definition) is 3. The van der Waals surface area contributed by atoms with E-state index in [9.17, 15) is 0 Å². The number of hydrogen-bond donors (Lipinski definition) is 1. The van der Waals surface area contributed by atoms with Gasteiger partial charge in [-0.2, -0.15) is 5.26 Å². The second-order valence-electron chi connectivity index (χ2n) is 5.47. The van der Waals surface area contributed by atoms with Gasteiger partial charge in [0.15, 0.2) is 0 Å². The van der Waals surface area contributed by atoms with Crippen molar-refractivity contribution < 1.29 is 0 Å². The van der Waals surface area contributed by atoms with E-state index < -0.39 is 0 Å². The third kappa shape index (κ3) is 2.40. The first-order chi connectivity index (χ1) is 8.85. The molecular formula is C15H19N3. The molecule has 0 saturated carbocycles. The minimum atomic E-state index is 0.706. The van der Waals surface area contributed by atoms with E-state index in [4.69, 9.17) is 5.26 Å². The number of nitriles is 1. The lowest BCUT2D eigenvalue weighted by molar-refractivity contribution is 0.312. The summed E-state index contributed by atoms with van der Waals surface area (Å²) in [7, 11) is 0. The highest BCUT2D eigenvalue weighted by Gasteiger charge is 2.33. The van der Waals surface area contributed by atoms with Crippen LogP contribution in [0.2, 0.25) is 0 Å². The topological polar surface area (TPSA) is 39.1 Å². The number of rotatable bonds is 2. The van der Waals surface area contributed by atoms with Gasteiger partial charge in [-0.05, 0) is 43.0 Å². The molecule has 2 unspecified atom stereocenters. The minimum Gasteiger partial charge on any atom is -0.312 e. The SMILES string of the molecule is N#Cc1ccc(CN2CC3CCCNC3C2)cc1. The molecule has 0 radical (unpaired) electrons. The maximum Gasteiger partial charge on any atom is 0.0991 e. The van der Waals surface area contributed by atoms with Gasteiger partial charge in [0.1, 0.15) is 0 Å². The Morgan fingerprint density at radius 1 is 1.28 bits per heavy atom. The summed E-state index contributed by atoms with van der Waals surface area (Å²) in [6.07, 6.45) is 2.70. The third-order valence-corrected chi connectivity index (χ3v) is 4.16. The predicted molar refractivity (Wildman–Crippen MR) is 70.9 cm³/mol. The largest absolute Gasteiger partial charge is 0.312 e. The smallest absolute Gasteiger partial charge is 0.0991 e. The number of piperidine rings is 1. The Morgan fingerprint density at radius 2 is 2.11 bits per heavy atom. The number of likely N-dealkylation sites (tertiary alicyclic amines) is 1. The predicted octanol–water partition coefficient (Wildman–Crippen LogP) is 1.74. The van der Waals surface area contributed by atoms with Gasteiger partial charge in [-0.1, -0.05) is 12.1 Å². The Kier molecular flexibility index (Phi) is 3.31. The third-order valence-electron chi connectivity index (χ3n) is 4.16. The van der Waals surface area contributed by atoms with E-state index >= 15 is 0 Å². The molecule has 1 aromatic rings. The molecule has 2 heterocycles. The molecule has 1 N–H and O–H groups in total. The first-order valence-corrected chi connectivity index (χ1v) is 6.80. The Bertz CT molecular complexity index is 432. The van der Waals surface area contributed by atoms with Crippen LogP contribution in [0.3, 0.4) is 0 Å². The molecule has 2 fully saturated rings. The highest BCUT2D eigenvalue weighted by molar-refractivity contribution is 5.31. The zero-order valence-electron chi connectivity index (χ0n) is 10.6. The molecule has 1 aromatic carbocycles. The van der Waals surface area contributed by atoms with Crippen LogP contribution in [0.1, 0.15) is 24.0 Å². The lowest BCUT2D eigenvalue weighted by Gasteiger charge is -2.24. The summed E-state index contributed by atoms with van der Waals surface area (Å²) >= 11 is 0. The van der Waals surface area contributed by atoms with E-state index in [0.29, 0.717) is 6.04 Å². The standard InChI is InChI=1S/C15H19N3/c16-8-12-3-5-13(6-4-12)9-18-10-14-2-1-7-17-15(14)11-18/h3-6,14-15,17H,1-2,7,9-11H2. The summed E-state index contributed by atoms with van der Waals surface area (Å²) in [4.78, 5) is 2.54. The van der Waals surface area contributed by atoms with Crippen LogP contribution in [0.15, 0.2) is 24.3 Å². The van der Waals surface area contributed by atoms with Crippen LogP contribution in [-0.2, 0) is 6.54 Å². The van der Waals surface area contributed by atoms with Crippen molar-refractivity contribution in [2.45, 2.75) is 25.4 Å². The Morgan fingerprint density at radius 3 is 2.83 bits per heavy atom. The van der Waals surface area contributed by atoms with Gasteiger partial charge in [-0.3, -0.25) is 4.90 Å². The Hall–Kier alpha value is -1.37. The molecule has 3 heteroatoms. The molecular weight excluding hydrogens is 222 g/mol. The second-order valence-corrected chi connectivity index (χ2v) is 5.47. The number of fused-ring (bicyclic) bond motifs is 1. The lowest BCUT2D eigenvalue weighted by Crippen LogP contribution is -2.40. The molecule has 0 aromatic heterocycles. The van der Waals surface area contributed by atoms with Crippen LogP contribution in [0, 0.1) is 17.2 Å². The molecule has 0 bridgehead atoms. The Labute approximate surface area is 108 Å². The minimum absolute atomic E-state index is 0.706. The monoisotopic (exact) mass is 241 g/mol. The summed E-state index contributed by atoms with van der Waals surface area (Å²) in [6, 6.07) is 10.9. The van der Waals surface area contributed by atoms with Crippen LogP contribution in [0.25, 0.3) is 0 Å². The molecule has 2 atom stereocenters. The summed E-state index contributed by atoms with van der Waals surface area (Å²) in [5.74, 6) is 0.845. The lowest BCUT2D eigenvalue weighted by atomic mass is 9.94. The van der Waals surface area contributed by atoms with Crippen molar-refractivity contribution in [3.8, 4) is 6.07 Å². The molecule has 3 rings (SSSR count). The highest BCUT2D eigenvalue weighted by Crippen LogP contribution is 2.25. The molecule has 2 aliphatic heterocycles. The quantitative estimate of drug-likeness (QED) is 0.857. The summed E-state index contributed by atoms with van der Waals surface area (Å²) in [6.45, 7) is 4.59. The summed E-state index contributed by atoms with van der Waals surface area (Å²) in [5.41, 5.74) is 2.06. The van der Waals surface area contributed by atoms with Crippen molar-refractivity contribution in [2.75, 3.05) is 19.6 Å². The molecule has 94 valence electrons. The fraction of sp³-hybridized carbons (Fsp3) is 0.533. The van der Waals surface area contributed by atoms with Crippen molar-refractivity contribution in [2.24, 2.45) is 5.92 Å². The number of benzene rings is 1. The van der Waals surface area contributed by atoms with Crippen LogP contribution in [-0.4, -0.2) is 30.6 Å². The average Bonchev–Trinajstić information content (AvgIpc) is 2.82. The highest BCUT2D eigenvalue weighted by atomic mass is 15.2. The van der Waals surface area contributed by atoms with E-state index in [1.807, 2.05) is 12.1 Å². The van der Waals surface area contributed by atoms with Crippen molar-refractivity contribution in [1.82, 2.24) is 10.2 Å². The van der Waals surface area contributed by atoms with E-state index in [-0.39, 0.29) is 0 Å². The van der Waals surface area contributed by atoms with Crippen LogP contribution < -0.4 is 5.32 Å². The van der Waals surface area contributed by atoms with Crippen molar-refractivity contribution in [3.05, 3.63) is 35.4 Å². The first-order valence-electron chi connectivity index (χ1n) is 6.80. The van der Waals surface area contributed by atoms with Gasteiger partial charge in [0.05, 0.1) is 11.6 Å². The zero-order valence-corrected chi connectivity index (χ0v) is 10.6. The van der Waals surface area contributed by atoms with Gasteiger partial charge in [-0.25, -0.2) is 0 Å². The molecule has 0 spiro atoms. The molecule has 3 nitrogen and oxygen atoms in total. The maximum atomic E-state index is 8.78. The fourth-order valence-electron chi connectivity index (χ4n) is 3.21. The normalized spacial score (nSPS) is 27.7. The summed E-state index contributed by atoms with van der Waals surface area (Å²) in [5, 5.41) is 12.4. The Balaban J connectivity index is 1.61. The van der Waals surface area contributed by atoms with Gasteiger partial charge in [-0.15, -0.1) is 0 Å². The van der Waals surface area contributed by atoms with E-state index in [0.717, 1.165) is 18.0 Å². The molecule has 18 heavy (non-hydrogen) atoms. The molecule has 2 aliphatic rings.